The Hall–Kier alpha value is -4.42. The lowest BCUT2D eigenvalue weighted by atomic mass is 9.70. The summed E-state index contributed by atoms with van der Waals surface area (Å²) in [7, 11) is 2.14. The maximum absolute atomic E-state index is 14.5. The minimum atomic E-state index is -0.578. The first kappa shape index (κ1) is 27.2. The van der Waals surface area contributed by atoms with Gasteiger partial charge in [0.05, 0.1) is 17.3 Å². The lowest BCUT2D eigenvalue weighted by Gasteiger charge is -2.33. The quantitative estimate of drug-likeness (QED) is 0.234. The Labute approximate surface area is 237 Å². The molecule has 1 aliphatic heterocycles. The number of rotatable bonds is 6. The predicted octanol–water partition coefficient (Wildman–Crippen LogP) is 9.08. The van der Waals surface area contributed by atoms with E-state index >= 15 is 0 Å². The molecule has 1 aliphatic rings. The normalized spacial score (nSPS) is 16.7. The molecule has 0 fully saturated rings. The molecule has 4 aromatic rings. The second-order valence-corrected chi connectivity index (χ2v) is 11.6. The van der Waals surface area contributed by atoms with Crippen molar-refractivity contribution < 1.29 is 4.39 Å². The number of anilines is 1. The first-order valence-electron chi connectivity index (χ1n) is 13.7. The summed E-state index contributed by atoms with van der Waals surface area (Å²) >= 11 is 0. The molecule has 0 radical (unpaired) electrons. The average Bonchev–Trinajstić information content (AvgIpc) is 3.14. The fourth-order valence-electron chi connectivity index (χ4n) is 6.29. The molecule has 4 aromatic carbocycles. The van der Waals surface area contributed by atoms with Gasteiger partial charge in [0.15, 0.2) is 0 Å². The molecule has 2 nitrogen and oxygen atoms in total. The molecule has 0 aromatic heterocycles. The number of halogens is 1. The van der Waals surface area contributed by atoms with Gasteiger partial charge in [-0.25, -0.2) is 4.39 Å². The van der Waals surface area contributed by atoms with Gasteiger partial charge >= 0.3 is 0 Å². The molecule has 0 saturated carbocycles. The van der Waals surface area contributed by atoms with Crippen LogP contribution in [0.2, 0.25) is 0 Å². The van der Waals surface area contributed by atoms with Crippen molar-refractivity contribution in [3.8, 4) is 6.07 Å². The molecule has 1 atom stereocenters. The first-order chi connectivity index (χ1) is 19.1. The van der Waals surface area contributed by atoms with E-state index in [1.54, 1.807) is 12.1 Å². The van der Waals surface area contributed by atoms with Crippen molar-refractivity contribution >= 4 is 16.5 Å². The maximum Gasteiger partial charge on any atom is 0.123 e. The molecule has 0 amide bonds. The highest BCUT2D eigenvalue weighted by atomic mass is 19.1. The van der Waals surface area contributed by atoms with Crippen molar-refractivity contribution in [1.82, 2.24) is 0 Å². The summed E-state index contributed by atoms with van der Waals surface area (Å²) in [6.07, 6.45) is 6.89. The van der Waals surface area contributed by atoms with Crippen molar-refractivity contribution in [2.24, 2.45) is 0 Å². The fourth-order valence-corrected chi connectivity index (χ4v) is 6.29. The Morgan fingerprint density at radius 3 is 2.60 bits per heavy atom. The van der Waals surface area contributed by atoms with Crippen LogP contribution in [0.1, 0.15) is 48.6 Å². The van der Waals surface area contributed by atoms with Crippen LogP contribution in [0.4, 0.5) is 10.1 Å². The Morgan fingerprint density at radius 2 is 1.82 bits per heavy atom. The summed E-state index contributed by atoms with van der Waals surface area (Å²) < 4.78 is 14.5. The third-order valence-corrected chi connectivity index (χ3v) is 8.58. The number of nitriles is 1. The second-order valence-electron chi connectivity index (χ2n) is 11.6. The summed E-state index contributed by atoms with van der Waals surface area (Å²) in [6, 6.07) is 27.8. The van der Waals surface area contributed by atoms with Crippen LogP contribution < -0.4 is 4.90 Å². The van der Waals surface area contributed by atoms with Gasteiger partial charge in [-0.15, -0.1) is 0 Å². The molecular weight excluding hydrogens is 491 g/mol. The van der Waals surface area contributed by atoms with E-state index in [-0.39, 0.29) is 11.2 Å². The number of allylic oxidation sites excluding steroid dienone is 5. The largest absolute Gasteiger partial charge is 0.347 e. The third-order valence-electron chi connectivity index (χ3n) is 8.58. The summed E-state index contributed by atoms with van der Waals surface area (Å²) in [5.41, 5.74) is 7.42. The summed E-state index contributed by atoms with van der Waals surface area (Å²) in [4.78, 5) is 2.30. The van der Waals surface area contributed by atoms with Gasteiger partial charge in [-0.05, 0) is 76.9 Å². The van der Waals surface area contributed by atoms with E-state index in [2.05, 4.69) is 100.0 Å². The SMILES string of the molecule is C=C(/C=C/C=C1/N(C)c2c(ccc3ccccc23)C1(C)C)C(C)(Cc1cccc(C#N)c1)c1cc(F)ccc1C. The predicted molar refractivity (Wildman–Crippen MR) is 165 cm³/mol. The molecule has 0 spiro atoms. The van der Waals surface area contributed by atoms with Crippen molar-refractivity contribution in [1.29, 1.82) is 5.26 Å². The van der Waals surface area contributed by atoms with E-state index in [4.69, 9.17) is 0 Å². The molecule has 0 bridgehead atoms. The number of hydrogen-bond acceptors (Lipinski definition) is 2. The van der Waals surface area contributed by atoms with Gasteiger partial charge in [-0.1, -0.05) is 94.1 Å². The highest BCUT2D eigenvalue weighted by Gasteiger charge is 2.39. The zero-order valence-corrected chi connectivity index (χ0v) is 23.9. The molecule has 0 N–H and O–H groups in total. The zero-order valence-electron chi connectivity index (χ0n) is 23.9. The van der Waals surface area contributed by atoms with Gasteiger partial charge in [0.1, 0.15) is 5.82 Å². The highest BCUT2D eigenvalue weighted by Crippen LogP contribution is 2.50. The van der Waals surface area contributed by atoms with E-state index in [9.17, 15) is 9.65 Å². The van der Waals surface area contributed by atoms with Gasteiger partial charge in [0, 0.05) is 29.0 Å². The lowest BCUT2D eigenvalue weighted by molar-refractivity contribution is 0.552. The van der Waals surface area contributed by atoms with E-state index in [0.717, 1.165) is 22.3 Å². The van der Waals surface area contributed by atoms with Crippen LogP contribution in [-0.4, -0.2) is 7.05 Å². The molecule has 0 saturated heterocycles. The monoisotopic (exact) mass is 526 g/mol. The molecule has 40 heavy (non-hydrogen) atoms. The molecule has 0 aliphatic carbocycles. The van der Waals surface area contributed by atoms with Crippen LogP contribution >= 0.6 is 0 Å². The number of fused-ring (bicyclic) bond motifs is 3. The van der Waals surface area contributed by atoms with Crippen LogP contribution in [0.25, 0.3) is 10.8 Å². The van der Waals surface area contributed by atoms with Crippen LogP contribution in [0.5, 0.6) is 0 Å². The van der Waals surface area contributed by atoms with Gasteiger partial charge in [-0.3, -0.25) is 0 Å². The topological polar surface area (TPSA) is 27.0 Å². The highest BCUT2D eigenvalue weighted by molar-refractivity contribution is 5.99. The van der Waals surface area contributed by atoms with Crippen molar-refractivity contribution in [3.63, 3.8) is 0 Å². The van der Waals surface area contributed by atoms with E-state index in [0.29, 0.717) is 12.0 Å². The van der Waals surface area contributed by atoms with Gasteiger partial charge in [0.25, 0.3) is 0 Å². The number of aryl methyl sites for hydroxylation is 1. The van der Waals surface area contributed by atoms with E-state index in [1.807, 2.05) is 31.2 Å². The van der Waals surface area contributed by atoms with Crippen LogP contribution in [0, 0.1) is 24.1 Å². The maximum atomic E-state index is 14.5. The second kappa shape index (κ2) is 10.3. The fraction of sp³-hybridized carbons (Fsp3) is 0.216. The number of hydrogen-bond donors (Lipinski definition) is 0. The van der Waals surface area contributed by atoms with Crippen molar-refractivity contribution in [3.05, 3.63) is 149 Å². The van der Waals surface area contributed by atoms with Crippen LogP contribution in [0.3, 0.4) is 0 Å². The Morgan fingerprint density at radius 1 is 1.05 bits per heavy atom. The molecule has 200 valence electrons. The van der Waals surface area contributed by atoms with Gasteiger partial charge in [0.2, 0.25) is 0 Å². The number of nitrogens with zero attached hydrogens (tertiary/aromatic N) is 2. The molecule has 1 heterocycles. The molecule has 1 unspecified atom stereocenters. The van der Waals surface area contributed by atoms with Crippen LogP contribution in [0.15, 0.2) is 115 Å². The molecular formula is C37H35FN2. The Balaban J connectivity index is 1.53. The average molecular weight is 527 g/mol. The smallest absolute Gasteiger partial charge is 0.123 e. The van der Waals surface area contributed by atoms with Crippen molar-refractivity contribution in [2.45, 2.75) is 44.9 Å². The Bertz CT molecular complexity index is 1730. The van der Waals surface area contributed by atoms with E-state index < -0.39 is 5.41 Å². The number of benzene rings is 4. The van der Waals surface area contributed by atoms with Gasteiger partial charge in [-0.2, -0.15) is 5.26 Å². The lowest BCUT2D eigenvalue weighted by Crippen LogP contribution is -2.28. The minimum Gasteiger partial charge on any atom is -0.347 e. The first-order valence-corrected chi connectivity index (χ1v) is 13.7. The number of likely N-dealkylation sites (N-methyl/N-ethyl adjacent to an activating group) is 1. The van der Waals surface area contributed by atoms with E-state index in [1.165, 1.54) is 33.8 Å². The summed E-state index contributed by atoms with van der Waals surface area (Å²) in [5.74, 6) is -0.268. The molecule has 5 rings (SSSR count). The minimum absolute atomic E-state index is 0.167. The standard InChI is InChI=1S/C37H35FN2/c1-25-17-19-30(38)22-33(25)37(5,23-27-12-10-13-28(21-27)24-39)26(2)11-9-16-34-36(3,4)32-20-18-29-14-7-8-15-31(29)35(32)40(34)6/h7-22H,2,23H2,1,3-6H3/b11-9+,34-16+. The van der Waals surface area contributed by atoms with Crippen LogP contribution in [-0.2, 0) is 17.3 Å². The zero-order chi connectivity index (χ0) is 28.7. The Kier molecular flexibility index (Phi) is 6.98. The van der Waals surface area contributed by atoms with Gasteiger partial charge < -0.3 is 4.90 Å². The summed E-state index contributed by atoms with van der Waals surface area (Å²) in [5, 5.41) is 11.9. The molecule has 3 heteroatoms. The third kappa shape index (κ3) is 4.65. The summed E-state index contributed by atoms with van der Waals surface area (Å²) in [6.45, 7) is 13.1. The van der Waals surface area contributed by atoms with Crippen molar-refractivity contribution in [2.75, 3.05) is 11.9 Å².